The first kappa shape index (κ1) is 29.4. The highest BCUT2D eigenvalue weighted by atomic mass is 32.2. The summed E-state index contributed by atoms with van der Waals surface area (Å²) >= 11 is 2.19. The molecule has 0 spiro atoms. The first-order valence-electron chi connectivity index (χ1n) is 18.2. The Bertz CT molecular complexity index is 2280. The number of rotatable bonds is 4. The van der Waals surface area contributed by atoms with Crippen molar-refractivity contribution in [2.45, 2.75) is 54.9 Å². The highest BCUT2D eigenvalue weighted by Crippen LogP contribution is 2.54. The van der Waals surface area contributed by atoms with Crippen LogP contribution in [-0.2, 0) is 0 Å². The van der Waals surface area contributed by atoms with E-state index in [9.17, 15) is 0 Å². The summed E-state index contributed by atoms with van der Waals surface area (Å²) in [4.78, 5) is 10.3. The lowest BCUT2D eigenvalue weighted by Gasteiger charge is -2.30. The van der Waals surface area contributed by atoms with Crippen LogP contribution in [0.3, 0.4) is 0 Å². The molecule has 1 saturated heterocycles. The molecule has 1 aliphatic heterocycles. The van der Waals surface area contributed by atoms with Crippen molar-refractivity contribution >= 4 is 55.5 Å². The van der Waals surface area contributed by atoms with Crippen molar-refractivity contribution in [1.29, 1.82) is 0 Å². The molecule has 0 radical (unpaired) electrons. The summed E-state index contributed by atoms with van der Waals surface area (Å²) in [5.41, 5.74) is 10.4. The van der Waals surface area contributed by atoms with Crippen molar-refractivity contribution in [1.82, 2.24) is 9.97 Å². The third kappa shape index (κ3) is 5.08. The lowest BCUT2D eigenvalue weighted by atomic mass is 9.76. The van der Waals surface area contributed by atoms with E-state index in [0.717, 1.165) is 36.0 Å². The maximum absolute atomic E-state index is 5.27. The maximum Gasteiger partial charge on any atom is 0.0979 e. The largest absolute Gasteiger partial charge is 0.252 e. The number of aromatic nitrogens is 2. The molecule has 0 saturated carbocycles. The Morgan fingerprint density at radius 2 is 1.53 bits per heavy atom. The smallest absolute Gasteiger partial charge is 0.0979 e. The summed E-state index contributed by atoms with van der Waals surface area (Å²) in [6.07, 6.45) is 30.7. The highest BCUT2D eigenvalue weighted by molar-refractivity contribution is 8.01. The Morgan fingerprint density at radius 3 is 2.33 bits per heavy atom. The van der Waals surface area contributed by atoms with Crippen LogP contribution in [0, 0.1) is 17.8 Å². The third-order valence-corrected chi connectivity index (χ3v) is 13.6. The molecule has 0 N–H and O–H groups in total. The minimum Gasteiger partial charge on any atom is -0.252 e. The molecule has 0 bridgehead atoms. The second-order valence-electron chi connectivity index (χ2n) is 14.6. The number of fused-ring (bicyclic) bond motifs is 9. The van der Waals surface area contributed by atoms with Gasteiger partial charge in [0.05, 0.1) is 22.9 Å². The van der Waals surface area contributed by atoms with E-state index in [2.05, 4.69) is 139 Å². The van der Waals surface area contributed by atoms with Crippen LogP contribution < -0.4 is 0 Å². The number of benzene rings is 4. The van der Waals surface area contributed by atoms with Gasteiger partial charge in [-0.2, -0.15) is 0 Å². The Balaban J connectivity index is 0.849. The summed E-state index contributed by atoms with van der Waals surface area (Å²) < 4.78 is 0. The van der Waals surface area contributed by atoms with Crippen LogP contribution in [0.1, 0.15) is 61.3 Å². The lowest BCUT2D eigenvalue weighted by molar-refractivity contribution is 0.368. The van der Waals surface area contributed by atoms with Crippen LogP contribution in [0.15, 0.2) is 139 Å². The van der Waals surface area contributed by atoms with Gasteiger partial charge in [-0.3, -0.25) is 4.98 Å². The van der Waals surface area contributed by atoms with Gasteiger partial charge in [0.2, 0.25) is 0 Å². The number of allylic oxidation sites excluding steroid dienone is 10. The molecule has 0 amide bonds. The molecule has 4 aromatic carbocycles. The molecule has 2 nitrogen and oxygen atoms in total. The van der Waals surface area contributed by atoms with Gasteiger partial charge in [0.1, 0.15) is 0 Å². The summed E-state index contributed by atoms with van der Waals surface area (Å²) in [6, 6.07) is 26.7. The van der Waals surface area contributed by atoms with Gasteiger partial charge < -0.3 is 0 Å². The monoisotopic (exact) mass is 652 g/mol. The number of thioether (sulfide) groups is 1. The third-order valence-electron chi connectivity index (χ3n) is 11.9. The zero-order valence-electron chi connectivity index (χ0n) is 27.7. The Labute approximate surface area is 293 Å². The molecule has 10 rings (SSSR count). The maximum atomic E-state index is 5.27. The highest BCUT2D eigenvalue weighted by Gasteiger charge is 2.43. The van der Waals surface area contributed by atoms with Crippen molar-refractivity contribution in [3.63, 3.8) is 0 Å². The summed E-state index contributed by atoms with van der Waals surface area (Å²) in [5.74, 6) is 2.46. The van der Waals surface area contributed by atoms with Crippen molar-refractivity contribution in [3.05, 3.63) is 156 Å². The van der Waals surface area contributed by atoms with Gasteiger partial charge in [0, 0.05) is 27.2 Å². The van der Waals surface area contributed by atoms with Crippen molar-refractivity contribution in [2.24, 2.45) is 17.8 Å². The molecule has 6 unspecified atom stereocenters. The minimum atomic E-state index is 0.591. The first-order valence-corrected chi connectivity index (χ1v) is 19.2. The molecule has 1 aromatic heterocycles. The van der Waals surface area contributed by atoms with E-state index in [1.165, 1.54) is 63.1 Å². The van der Waals surface area contributed by atoms with Crippen molar-refractivity contribution in [3.8, 4) is 0 Å². The van der Waals surface area contributed by atoms with Gasteiger partial charge in [-0.15, -0.1) is 11.8 Å². The van der Waals surface area contributed by atoms with Crippen LogP contribution in [0.25, 0.3) is 43.7 Å². The van der Waals surface area contributed by atoms with Crippen LogP contribution >= 0.6 is 11.8 Å². The number of nitrogens with zero attached hydrogens (tertiary/aromatic N) is 2. The van der Waals surface area contributed by atoms with E-state index in [4.69, 9.17) is 9.97 Å². The SMILES string of the molecule is C1=CC2SC3C(=CCCC3c3cccc(C4=CCC(C5CC=C(c6cnc7c8ccccc8c8ccccc8c7n6)CC5)C=C4)c3)C2C=C1. The van der Waals surface area contributed by atoms with Gasteiger partial charge in [0.15, 0.2) is 0 Å². The van der Waals surface area contributed by atoms with Gasteiger partial charge in [0.25, 0.3) is 0 Å². The molecule has 3 heteroatoms. The standard InChI is InChI=1S/C46H40N2S/c1-3-14-39-36(11-1)37-12-2-4-15-40(37)45-44(39)47-28-42(48-45)32-25-23-30(24-26-32)29-19-21-31(22-20-29)33-9-7-10-34(27-33)35-16-8-17-41-38-13-5-6-18-43(38)49-46(35)41/h1-7,9-15,17-19,21-22,25,27-30,35,38,43,46H,8,16,20,23-24,26H2. The molecular formula is C46H40N2S. The zero-order valence-corrected chi connectivity index (χ0v) is 28.5. The van der Waals surface area contributed by atoms with Crippen LogP contribution in [-0.4, -0.2) is 20.5 Å². The molecule has 2 heterocycles. The second-order valence-corrected chi connectivity index (χ2v) is 15.9. The summed E-state index contributed by atoms with van der Waals surface area (Å²) in [7, 11) is 0. The van der Waals surface area contributed by atoms with Gasteiger partial charge in [-0.05, 0) is 89.3 Å². The fourth-order valence-electron chi connectivity index (χ4n) is 9.36. The fraction of sp³-hybridized carbons (Fsp3) is 0.261. The number of hydrogen-bond acceptors (Lipinski definition) is 3. The predicted molar refractivity (Wildman–Crippen MR) is 209 cm³/mol. The molecule has 5 aromatic rings. The van der Waals surface area contributed by atoms with E-state index in [0.29, 0.717) is 34.2 Å². The molecule has 240 valence electrons. The van der Waals surface area contributed by atoms with E-state index in [-0.39, 0.29) is 0 Å². The average Bonchev–Trinajstić information content (AvgIpc) is 3.57. The lowest BCUT2D eigenvalue weighted by Crippen LogP contribution is -2.20. The molecule has 5 aliphatic rings. The Hall–Kier alpha value is -4.47. The molecule has 4 aliphatic carbocycles. The van der Waals surface area contributed by atoms with Gasteiger partial charge in [-0.1, -0.05) is 133 Å². The Kier molecular flexibility index (Phi) is 7.30. The predicted octanol–water partition coefficient (Wildman–Crippen LogP) is 11.8. The average molecular weight is 653 g/mol. The molecule has 49 heavy (non-hydrogen) atoms. The first-order chi connectivity index (χ1) is 24.3. The van der Waals surface area contributed by atoms with Gasteiger partial charge >= 0.3 is 0 Å². The quantitative estimate of drug-likeness (QED) is 0.143. The fourth-order valence-corrected chi connectivity index (χ4v) is 11.2. The minimum absolute atomic E-state index is 0.591. The molecule has 6 atom stereocenters. The van der Waals surface area contributed by atoms with Crippen LogP contribution in [0.4, 0.5) is 0 Å². The van der Waals surface area contributed by atoms with E-state index >= 15 is 0 Å². The van der Waals surface area contributed by atoms with Crippen LogP contribution in [0.2, 0.25) is 0 Å². The summed E-state index contributed by atoms with van der Waals surface area (Å²) in [6.45, 7) is 0. The number of hydrogen-bond donors (Lipinski definition) is 0. The van der Waals surface area contributed by atoms with Gasteiger partial charge in [-0.25, -0.2) is 4.98 Å². The topological polar surface area (TPSA) is 25.8 Å². The van der Waals surface area contributed by atoms with E-state index < -0.39 is 0 Å². The van der Waals surface area contributed by atoms with E-state index in [1.807, 2.05) is 6.20 Å². The second kappa shape index (κ2) is 12.1. The normalized spacial score (nSPS) is 27.6. The Morgan fingerprint density at radius 1 is 0.714 bits per heavy atom. The van der Waals surface area contributed by atoms with Crippen molar-refractivity contribution in [2.75, 3.05) is 0 Å². The molecule has 1 fully saturated rings. The van der Waals surface area contributed by atoms with E-state index in [1.54, 1.807) is 5.57 Å². The molecular weight excluding hydrogens is 613 g/mol. The zero-order chi connectivity index (χ0) is 32.3. The summed E-state index contributed by atoms with van der Waals surface area (Å²) in [5, 5.41) is 6.07. The van der Waals surface area contributed by atoms with Crippen LogP contribution in [0.5, 0.6) is 0 Å². The van der Waals surface area contributed by atoms with Crippen molar-refractivity contribution < 1.29 is 0 Å².